The normalized spacial score (nSPS) is 11.0. The first-order valence-electron chi connectivity index (χ1n) is 6.24. The highest BCUT2D eigenvalue weighted by Gasteiger charge is 2.13. The van der Waals surface area contributed by atoms with Gasteiger partial charge in [-0.05, 0) is 42.5 Å². The van der Waals surface area contributed by atoms with Gasteiger partial charge in [-0.2, -0.15) is 5.26 Å². The van der Waals surface area contributed by atoms with Gasteiger partial charge in [0.25, 0.3) is 5.91 Å². The van der Waals surface area contributed by atoms with Gasteiger partial charge in [-0.15, -0.1) is 0 Å². The van der Waals surface area contributed by atoms with Crippen LogP contribution >= 0.6 is 23.2 Å². The number of halogens is 4. The number of nitrogens with zero attached hydrogens (tertiary/aromatic N) is 1. The van der Waals surface area contributed by atoms with Crippen molar-refractivity contribution >= 4 is 40.9 Å². The number of benzene rings is 2. The molecular weight excluding hydrogens is 345 g/mol. The third-order valence-corrected chi connectivity index (χ3v) is 3.36. The lowest BCUT2D eigenvalue weighted by atomic mass is 10.1. The van der Waals surface area contributed by atoms with Crippen molar-refractivity contribution in [1.29, 1.82) is 5.26 Å². The minimum Gasteiger partial charge on any atom is -0.320 e. The molecule has 1 N–H and O–H groups in total. The van der Waals surface area contributed by atoms with E-state index in [0.717, 1.165) is 24.3 Å². The summed E-state index contributed by atoms with van der Waals surface area (Å²) in [5.74, 6) is -2.26. The molecule has 7 heteroatoms. The molecule has 0 heterocycles. The fraction of sp³-hybridized carbons (Fsp3) is 0. The van der Waals surface area contributed by atoms with E-state index in [9.17, 15) is 13.6 Å². The molecule has 23 heavy (non-hydrogen) atoms. The molecule has 116 valence electrons. The van der Waals surface area contributed by atoms with Gasteiger partial charge in [0.2, 0.25) is 0 Å². The average molecular weight is 353 g/mol. The zero-order valence-electron chi connectivity index (χ0n) is 11.4. The van der Waals surface area contributed by atoms with Crippen molar-refractivity contribution in [3.63, 3.8) is 0 Å². The highest BCUT2D eigenvalue weighted by atomic mass is 35.5. The van der Waals surface area contributed by atoms with E-state index in [0.29, 0.717) is 5.02 Å². The molecule has 3 nitrogen and oxygen atoms in total. The molecule has 0 saturated heterocycles. The van der Waals surface area contributed by atoms with Gasteiger partial charge >= 0.3 is 0 Å². The third-order valence-electron chi connectivity index (χ3n) is 2.80. The van der Waals surface area contributed by atoms with Crippen LogP contribution in [0.1, 0.15) is 5.56 Å². The number of rotatable bonds is 3. The molecule has 2 aromatic carbocycles. The van der Waals surface area contributed by atoms with Crippen LogP contribution in [0.4, 0.5) is 14.5 Å². The average Bonchev–Trinajstić information content (AvgIpc) is 2.51. The molecule has 0 radical (unpaired) electrons. The molecule has 0 unspecified atom stereocenters. The Hall–Kier alpha value is -2.42. The summed E-state index contributed by atoms with van der Waals surface area (Å²) < 4.78 is 26.7. The molecule has 0 aromatic heterocycles. The monoisotopic (exact) mass is 352 g/mol. The van der Waals surface area contributed by atoms with E-state index in [1.165, 1.54) is 18.2 Å². The number of hydrogen-bond donors (Lipinski definition) is 1. The van der Waals surface area contributed by atoms with Crippen LogP contribution in [0.2, 0.25) is 10.0 Å². The zero-order valence-corrected chi connectivity index (χ0v) is 12.9. The topological polar surface area (TPSA) is 52.9 Å². The van der Waals surface area contributed by atoms with Crippen molar-refractivity contribution in [2.75, 3.05) is 5.32 Å². The van der Waals surface area contributed by atoms with Crippen LogP contribution in [-0.2, 0) is 4.79 Å². The second-order valence-electron chi connectivity index (χ2n) is 4.41. The number of nitrogens with one attached hydrogen (secondary N) is 1. The Morgan fingerprint density at radius 3 is 2.61 bits per heavy atom. The van der Waals surface area contributed by atoms with Gasteiger partial charge in [0, 0.05) is 10.6 Å². The molecule has 0 atom stereocenters. The van der Waals surface area contributed by atoms with Crippen LogP contribution in [0, 0.1) is 23.0 Å². The summed E-state index contributed by atoms with van der Waals surface area (Å²) in [6, 6.07) is 8.76. The Morgan fingerprint density at radius 1 is 1.17 bits per heavy atom. The summed E-state index contributed by atoms with van der Waals surface area (Å²) >= 11 is 11.7. The number of anilines is 1. The molecule has 0 aliphatic carbocycles. The summed E-state index contributed by atoms with van der Waals surface area (Å²) in [5.41, 5.74) is -0.426. The third kappa shape index (κ3) is 4.28. The largest absolute Gasteiger partial charge is 0.320 e. The van der Waals surface area contributed by atoms with Crippen LogP contribution in [0.15, 0.2) is 42.0 Å². The summed E-state index contributed by atoms with van der Waals surface area (Å²) in [6.07, 6.45) is 0.951. The van der Waals surface area contributed by atoms with E-state index in [4.69, 9.17) is 28.5 Å². The Labute approximate surface area is 140 Å². The van der Waals surface area contributed by atoms with Gasteiger partial charge in [0.05, 0.1) is 10.7 Å². The van der Waals surface area contributed by atoms with Crippen molar-refractivity contribution in [2.24, 2.45) is 0 Å². The lowest BCUT2D eigenvalue weighted by Gasteiger charge is -2.07. The number of amides is 1. The second-order valence-corrected chi connectivity index (χ2v) is 5.26. The first kappa shape index (κ1) is 16.9. The maximum atomic E-state index is 13.6. The number of nitriles is 1. The molecule has 0 bridgehead atoms. The van der Waals surface area contributed by atoms with Crippen molar-refractivity contribution in [3.05, 3.63) is 69.2 Å². The minimum atomic E-state index is -0.819. The van der Waals surface area contributed by atoms with E-state index in [2.05, 4.69) is 5.32 Å². The van der Waals surface area contributed by atoms with Gasteiger partial charge in [-0.1, -0.05) is 23.2 Å². The predicted octanol–water partition coefficient (Wildman–Crippen LogP) is 4.82. The highest BCUT2D eigenvalue weighted by Crippen LogP contribution is 2.26. The molecule has 0 aliphatic rings. The van der Waals surface area contributed by atoms with E-state index in [1.807, 2.05) is 0 Å². The van der Waals surface area contributed by atoms with Gasteiger partial charge in [-0.3, -0.25) is 4.79 Å². The van der Waals surface area contributed by atoms with Crippen LogP contribution in [0.25, 0.3) is 6.08 Å². The van der Waals surface area contributed by atoms with Crippen molar-refractivity contribution in [3.8, 4) is 6.07 Å². The van der Waals surface area contributed by atoms with Crippen LogP contribution in [-0.4, -0.2) is 5.91 Å². The lowest BCUT2D eigenvalue weighted by Crippen LogP contribution is -2.13. The maximum Gasteiger partial charge on any atom is 0.266 e. The molecule has 0 spiro atoms. The smallest absolute Gasteiger partial charge is 0.266 e. The molecule has 0 saturated carbocycles. The Kier molecular flexibility index (Phi) is 5.32. The van der Waals surface area contributed by atoms with E-state index < -0.39 is 23.1 Å². The zero-order chi connectivity index (χ0) is 17.0. The maximum absolute atomic E-state index is 13.6. The van der Waals surface area contributed by atoms with Crippen molar-refractivity contribution in [2.45, 2.75) is 0 Å². The Morgan fingerprint density at radius 2 is 1.91 bits per heavy atom. The molecular formula is C16H8Cl2F2N2O. The number of carbonyl (C=O) groups excluding carboxylic acids is 1. The van der Waals surface area contributed by atoms with E-state index in [-0.39, 0.29) is 16.3 Å². The van der Waals surface area contributed by atoms with Crippen LogP contribution < -0.4 is 5.32 Å². The molecule has 0 aliphatic heterocycles. The van der Waals surface area contributed by atoms with E-state index >= 15 is 0 Å². The van der Waals surface area contributed by atoms with E-state index in [1.54, 1.807) is 6.07 Å². The second kappa shape index (κ2) is 7.23. The van der Waals surface area contributed by atoms with Crippen LogP contribution in [0.5, 0.6) is 0 Å². The van der Waals surface area contributed by atoms with Gasteiger partial charge in [0.15, 0.2) is 0 Å². The quantitative estimate of drug-likeness (QED) is 0.636. The Balaban J connectivity index is 2.32. The van der Waals surface area contributed by atoms with Crippen molar-refractivity contribution in [1.82, 2.24) is 0 Å². The first-order chi connectivity index (χ1) is 10.9. The van der Waals surface area contributed by atoms with Gasteiger partial charge in [-0.25, -0.2) is 8.78 Å². The molecule has 2 rings (SSSR count). The standard InChI is InChI=1S/C16H8Cl2F2N2O/c17-11-1-3-13(18)15(7-11)22-16(23)10(8-21)5-9-6-12(19)2-4-14(9)20/h1-7H,(H,22,23)/b10-5+. The fourth-order valence-electron chi connectivity index (χ4n) is 1.71. The number of hydrogen-bond acceptors (Lipinski definition) is 2. The Bertz CT molecular complexity index is 844. The first-order valence-corrected chi connectivity index (χ1v) is 6.99. The minimum absolute atomic E-state index is 0.199. The summed E-state index contributed by atoms with van der Waals surface area (Å²) in [7, 11) is 0. The van der Waals surface area contributed by atoms with Gasteiger partial charge in [0.1, 0.15) is 23.3 Å². The SMILES string of the molecule is N#C/C(=C\c1cc(F)ccc1F)C(=O)Nc1cc(Cl)ccc1Cl. The van der Waals surface area contributed by atoms with Crippen LogP contribution in [0.3, 0.4) is 0 Å². The summed E-state index contributed by atoms with van der Waals surface area (Å²) in [5, 5.41) is 12.0. The summed E-state index contributed by atoms with van der Waals surface area (Å²) in [4.78, 5) is 12.1. The van der Waals surface area contributed by atoms with Crippen molar-refractivity contribution < 1.29 is 13.6 Å². The highest BCUT2D eigenvalue weighted by molar-refractivity contribution is 6.36. The lowest BCUT2D eigenvalue weighted by molar-refractivity contribution is -0.112. The fourth-order valence-corrected chi connectivity index (χ4v) is 2.05. The molecule has 1 amide bonds. The molecule has 0 fully saturated rings. The van der Waals surface area contributed by atoms with Gasteiger partial charge < -0.3 is 5.32 Å². The predicted molar refractivity (Wildman–Crippen MR) is 85.0 cm³/mol. The number of carbonyl (C=O) groups is 1. The molecule has 2 aromatic rings. The summed E-state index contributed by atoms with van der Waals surface area (Å²) in [6.45, 7) is 0.